The van der Waals surface area contributed by atoms with Crippen LogP contribution in [0.25, 0.3) is 10.8 Å². The maximum atomic E-state index is 4.02. The van der Waals surface area contributed by atoms with Gasteiger partial charge in [0.15, 0.2) is 11.4 Å². The van der Waals surface area contributed by atoms with Crippen LogP contribution in [-0.2, 0) is 0 Å². The first kappa shape index (κ1) is 9.30. The molecule has 4 heteroatoms. The van der Waals surface area contributed by atoms with E-state index in [2.05, 4.69) is 28.5 Å². The van der Waals surface area contributed by atoms with E-state index >= 15 is 0 Å². The monoisotopic (exact) mass is 249 g/mol. The smallest absolute Gasteiger partial charge is 0.193 e. The number of nitrogens with two attached hydrogens (primary N) is 1. The molecule has 0 saturated heterocycles. The highest BCUT2D eigenvalue weighted by molar-refractivity contribution is 5.95. The number of quaternary nitrogens is 1. The van der Waals surface area contributed by atoms with Gasteiger partial charge in [-0.2, -0.15) is 5.43 Å². The second kappa shape index (κ2) is 3.48. The summed E-state index contributed by atoms with van der Waals surface area (Å²) < 4.78 is 0. The van der Waals surface area contributed by atoms with Crippen molar-refractivity contribution < 1.29 is 22.4 Å². The minimum absolute atomic E-state index is 0. The molecule has 0 spiro atoms. The Labute approximate surface area is 91.6 Å². The van der Waals surface area contributed by atoms with Crippen molar-refractivity contribution in [2.45, 2.75) is 0 Å². The lowest BCUT2D eigenvalue weighted by molar-refractivity contribution is -0.577. The zero-order valence-electron chi connectivity index (χ0n) is 7.31. The molecule has 3 rings (SSSR count). The molecule has 1 heterocycles. The maximum absolute atomic E-state index is 4.02. The first-order valence-corrected chi connectivity index (χ1v) is 4.21. The van der Waals surface area contributed by atoms with Crippen LogP contribution in [0.3, 0.4) is 0 Å². The Bertz CT molecular complexity index is 508. The van der Waals surface area contributed by atoms with Crippen molar-refractivity contribution in [1.29, 1.82) is 0 Å². The average molecular weight is 250 g/mol. The van der Waals surface area contributed by atoms with Crippen molar-refractivity contribution >= 4 is 22.1 Å². The Hall–Kier alpha value is -1.26. The van der Waals surface area contributed by atoms with Gasteiger partial charge in [0.1, 0.15) is 0 Å². The molecule has 0 aromatic heterocycles. The Balaban J connectivity index is 0.000000750. The molecule has 0 atom stereocenters. The fraction of sp³-hybridized carbons (Fsp3) is 0. The van der Waals surface area contributed by atoms with Gasteiger partial charge in [-0.15, -0.1) is 0 Å². The van der Waals surface area contributed by atoms with Gasteiger partial charge in [0.25, 0.3) is 0 Å². The van der Waals surface area contributed by atoms with Crippen LogP contribution in [0.1, 0.15) is 0 Å². The summed E-state index contributed by atoms with van der Waals surface area (Å²) in [5, 5.41) is 10.4. The predicted octanol–water partition coefficient (Wildman–Crippen LogP) is -0.949. The van der Waals surface area contributed by atoms with E-state index in [1.165, 1.54) is 10.8 Å². The van der Waals surface area contributed by atoms with Crippen LogP contribution in [0.5, 0.6) is 0 Å². The van der Waals surface area contributed by atoms with Crippen LogP contribution >= 0.6 is 0 Å². The lowest BCUT2D eigenvalue weighted by Crippen LogP contribution is -3.00. The van der Waals surface area contributed by atoms with Crippen LogP contribution in [0.15, 0.2) is 46.7 Å². The van der Waals surface area contributed by atoms with Crippen LogP contribution in [0, 0.1) is 0 Å². The Morgan fingerprint density at radius 2 is 1.86 bits per heavy atom. The molecule has 0 unspecified atom stereocenters. The number of halogens is 1. The second-order valence-electron chi connectivity index (χ2n) is 3.06. The van der Waals surface area contributed by atoms with Gasteiger partial charge in [-0.3, -0.25) is 0 Å². The summed E-state index contributed by atoms with van der Waals surface area (Å²) in [6.45, 7) is 0. The molecule has 3 nitrogen and oxygen atoms in total. The summed E-state index contributed by atoms with van der Waals surface area (Å²) in [4.78, 5) is 0. The van der Waals surface area contributed by atoms with E-state index in [1.807, 2.05) is 23.6 Å². The molecule has 2 aromatic rings. The summed E-state index contributed by atoms with van der Waals surface area (Å²) in [7, 11) is 0. The largest absolute Gasteiger partial charge is 1.00 e. The molecule has 2 aromatic carbocycles. The quantitative estimate of drug-likeness (QED) is 0.463. The molecule has 0 bridgehead atoms. The third-order valence-electron chi connectivity index (χ3n) is 2.30. The zero-order valence-corrected chi connectivity index (χ0v) is 8.90. The van der Waals surface area contributed by atoms with Crippen molar-refractivity contribution in [3.8, 4) is 0 Å². The summed E-state index contributed by atoms with van der Waals surface area (Å²) in [6, 6.07) is 12.4. The van der Waals surface area contributed by atoms with Crippen molar-refractivity contribution in [2.24, 2.45) is 10.3 Å². The van der Waals surface area contributed by atoms with Crippen molar-refractivity contribution in [2.75, 3.05) is 0 Å². The Kier molecular flexibility index (Phi) is 2.31. The van der Waals surface area contributed by atoms with Crippen molar-refractivity contribution in [3.05, 3.63) is 36.4 Å². The van der Waals surface area contributed by atoms with E-state index < -0.39 is 0 Å². The third kappa shape index (κ3) is 1.23. The number of hydrogen-bond acceptors (Lipinski definition) is 2. The van der Waals surface area contributed by atoms with E-state index in [4.69, 9.17) is 0 Å². The molecule has 2 N–H and O–H groups in total. The molecule has 1 aliphatic heterocycles. The summed E-state index contributed by atoms with van der Waals surface area (Å²) in [5.74, 6) is 0. The van der Waals surface area contributed by atoms with Gasteiger partial charge in [0, 0.05) is 10.6 Å². The first-order chi connectivity index (χ1) is 6.45. The van der Waals surface area contributed by atoms with Gasteiger partial charge < -0.3 is 17.0 Å². The molecule has 0 amide bonds. The minimum Gasteiger partial charge on any atom is -1.00 e. The summed E-state index contributed by atoms with van der Waals surface area (Å²) in [6.07, 6.45) is 0. The van der Waals surface area contributed by atoms with Gasteiger partial charge in [-0.1, -0.05) is 29.4 Å². The van der Waals surface area contributed by atoms with Crippen LogP contribution in [0.2, 0.25) is 0 Å². The van der Waals surface area contributed by atoms with E-state index in [0.29, 0.717) is 0 Å². The molecule has 0 radical (unpaired) electrons. The lowest BCUT2D eigenvalue weighted by Gasteiger charge is -1.97. The molecule has 0 saturated carbocycles. The molecule has 1 aliphatic rings. The molecule has 0 fully saturated rings. The first-order valence-electron chi connectivity index (χ1n) is 4.21. The lowest BCUT2D eigenvalue weighted by atomic mass is 10.1. The standard InChI is InChI=1S/C10H7N3.BrH/c1-2-4-8-7(3-1)5-6-9-10(8)12-13-11-9;/h1-6H,(H,11,12,13);1H. The van der Waals surface area contributed by atoms with Crippen LogP contribution in [-0.4, -0.2) is 0 Å². The van der Waals surface area contributed by atoms with Gasteiger partial charge in [0.05, 0.1) is 0 Å². The zero-order chi connectivity index (χ0) is 8.67. The fourth-order valence-electron chi connectivity index (χ4n) is 1.66. The third-order valence-corrected chi connectivity index (χ3v) is 2.30. The normalized spacial score (nSPS) is 12.6. The average Bonchev–Trinajstić information content (AvgIpc) is 2.65. The van der Waals surface area contributed by atoms with Gasteiger partial charge in [0.2, 0.25) is 0 Å². The van der Waals surface area contributed by atoms with Crippen LogP contribution in [0.4, 0.5) is 11.4 Å². The van der Waals surface area contributed by atoms with E-state index in [0.717, 1.165) is 11.4 Å². The number of hydrogen-bond donors (Lipinski definition) is 1. The molecule has 70 valence electrons. The number of rotatable bonds is 0. The molecule has 0 aliphatic carbocycles. The van der Waals surface area contributed by atoms with Crippen molar-refractivity contribution in [1.82, 2.24) is 0 Å². The molecule has 14 heavy (non-hydrogen) atoms. The predicted molar refractivity (Wildman–Crippen MR) is 50.0 cm³/mol. The molecular weight excluding hydrogens is 242 g/mol. The highest BCUT2D eigenvalue weighted by atomic mass is 79.9. The van der Waals surface area contributed by atoms with Gasteiger partial charge in [-0.05, 0) is 17.5 Å². The Morgan fingerprint density at radius 3 is 2.79 bits per heavy atom. The van der Waals surface area contributed by atoms with E-state index in [-0.39, 0.29) is 17.0 Å². The highest BCUT2D eigenvalue weighted by Gasteiger charge is 2.15. The van der Waals surface area contributed by atoms with E-state index in [1.54, 1.807) is 0 Å². The Morgan fingerprint density at radius 1 is 1.00 bits per heavy atom. The van der Waals surface area contributed by atoms with Gasteiger partial charge in [-0.25, -0.2) is 0 Å². The topological polar surface area (TPSA) is 41.3 Å². The maximum Gasteiger partial charge on any atom is 0.193 e. The van der Waals surface area contributed by atoms with Crippen molar-refractivity contribution in [3.63, 3.8) is 0 Å². The highest BCUT2D eigenvalue weighted by Crippen LogP contribution is 2.31. The second-order valence-corrected chi connectivity index (χ2v) is 3.06. The minimum atomic E-state index is 0. The number of fused-ring (bicyclic) bond motifs is 3. The SMILES string of the molecule is [Br-].c1ccc2c3c(ccc2c1)N=N[NH2+]3. The fourth-order valence-corrected chi connectivity index (χ4v) is 1.66. The van der Waals surface area contributed by atoms with E-state index in [9.17, 15) is 0 Å². The number of nitrogens with zero attached hydrogens (tertiary/aromatic N) is 2. The number of benzene rings is 2. The summed E-state index contributed by atoms with van der Waals surface area (Å²) in [5.41, 5.74) is 3.93. The van der Waals surface area contributed by atoms with Crippen LogP contribution < -0.4 is 22.4 Å². The molecular formula is C10H8BrN3. The summed E-state index contributed by atoms with van der Waals surface area (Å²) >= 11 is 0. The van der Waals surface area contributed by atoms with Gasteiger partial charge >= 0.3 is 0 Å².